The molecule has 9 nitrogen and oxygen atoms in total. The molecule has 1 heterocycles. The largest absolute Gasteiger partial charge is 0.497 e. The van der Waals surface area contributed by atoms with Crippen LogP contribution in [0.3, 0.4) is 0 Å². The summed E-state index contributed by atoms with van der Waals surface area (Å²) in [6.45, 7) is 3.41. The summed E-state index contributed by atoms with van der Waals surface area (Å²) in [6.07, 6.45) is 15.6. The number of benzene rings is 2. The molecule has 2 fully saturated rings. The standard InChI is InChI=1S/C23H26N2O6.C12H23N/c1-23(2,15-10-16(29-3)12-17(11-15)30-4)31-22(28)25-20(21(26)27)9-14-13-24-19-8-6-5-7-18(14)19;1-3-7-11(8-4-1)13-12-9-5-2-6-10-12/h5-8,10-14,20H,9H2,1-4H3,(H,25,28)(H,26,27);11-13H,1-10H2/t14?,20-;/m0./s1. The second kappa shape index (κ2) is 15.9. The van der Waals surface area contributed by atoms with Crippen molar-refractivity contribution >= 4 is 24.0 Å². The molecule has 2 saturated carbocycles. The van der Waals surface area contributed by atoms with Gasteiger partial charge in [-0.1, -0.05) is 56.7 Å². The fourth-order valence-electron chi connectivity index (χ4n) is 6.32. The average Bonchev–Trinajstić information content (AvgIpc) is 3.44. The number of carbonyl (C=O) groups excluding carboxylic acids is 1. The molecule has 9 heteroatoms. The molecule has 2 aromatic rings. The number of alkyl carbamates (subject to hydrolysis) is 1. The average molecular weight is 608 g/mol. The number of carbonyl (C=O) groups is 2. The van der Waals surface area contributed by atoms with E-state index in [1.807, 2.05) is 24.3 Å². The minimum atomic E-state index is -1.14. The van der Waals surface area contributed by atoms with E-state index in [9.17, 15) is 14.7 Å². The number of methoxy groups -OCH3 is 2. The summed E-state index contributed by atoms with van der Waals surface area (Å²) in [5.41, 5.74) is 1.33. The van der Waals surface area contributed by atoms with Crippen LogP contribution >= 0.6 is 0 Å². The first-order chi connectivity index (χ1) is 21.2. The molecule has 0 spiro atoms. The number of carboxylic acid groups (broad SMARTS) is 1. The molecule has 2 aliphatic carbocycles. The topological polar surface area (TPSA) is 118 Å². The summed E-state index contributed by atoms with van der Waals surface area (Å²) in [6, 6.07) is 13.3. The fraction of sp³-hybridized carbons (Fsp3) is 0.571. The van der Waals surface area contributed by atoms with Crippen LogP contribution in [0.25, 0.3) is 0 Å². The molecule has 1 amide bonds. The van der Waals surface area contributed by atoms with Crippen molar-refractivity contribution in [1.82, 2.24) is 10.6 Å². The number of aliphatic imine (C=N–C) groups is 1. The van der Waals surface area contributed by atoms with Gasteiger partial charge in [0.15, 0.2) is 0 Å². The first kappa shape index (κ1) is 33.3. The van der Waals surface area contributed by atoms with Crippen LogP contribution in [-0.2, 0) is 15.1 Å². The Kier molecular flexibility index (Phi) is 12.1. The van der Waals surface area contributed by atoms with Crippen LogP contribution < -0.4 is 20.1 Å². The van der Waals surface area contributed by atoms with Gasteiger partial charge in [0, 0.05) is 35.8 Å². The van der Waals surface area contributed by atoms with Crippen LogP contribution in [0.15, 0.2) is 47.5 Å². The van der Waals surface area contributed by atoms with E-state index in [1.165, 1.54) is 78.4 Å². The SMILES string of the molecule is C1CCC(NC2CCCCC2)CC1.COc1cc(OC)cc(C(C)(C)OC(=O)N[C@@H](CC2C=Nc3ccccc32)C(=O)O)c1. The number of para-hydroxylation sites is 1. The maximum atomic E-state index is 12.6. The first-order valence-electron chi connectivity index (χ1n) is 16.0. The van der Waals surface area contributed by atoms with E-state index in [0.29, 0.717) is 17.1 Å². The summed E-state index contributed by atoms with van der Waals surface area (Å²) in [5, 5.41) is 16.0. The zero-order valence-corrected chi connectivity index (χ0v) is 26.6. The number of carboxylic acids is 1. The third-order valence-corrected chi connectivity index (χ3v) is 8.89. The van der Waals surface area contributed by atoms with Crippen molar-refractivity contribution in [2.45, 2.75) is 114 Å². The molecule has 5 rings (SSSR count). The quantitative estimate of drug-likeness (QED) is 0.260. The van der Waals surface area contributed by atoms with Crippen molar-refractivity contribution in [3.63, 3.8) is 0 Å². The van der Waals surface area contributed by atoms with Crippen molar-refractivity contribution in [3.8, 4) is 11.5 Å². The van der Waals surface area contributed by atoms with E-state index in [-0.39, 0.29) is 12.3 Å². The Morgan fingerprint density at radius 2 is 1.48 bits per heavy atom. The van der Waals surface area contributed by atoms with Gasteiger partial charge in [-0.25, -0.2) is 9.59 Å². The van der Waals surface area contributed by atoms with E-state index in [2.05, 4.69) is 15.6 Å². The predicted octanol–water partition coefficient (Wildman–Crippen LogP) is 7.25. The van der Waals surface area contributed by atoms with Crippen molar-refractivity contribution < 1.29 is 28.9 Å². The highest BCUT2D eigenvalue weighted by Crippen LogP contribution is 2.35. The van der Waals surface area contributed by atoms with Gasteiger partial charge in [-0.15, -0.1) is 0 Å². The van der Waals surface area contributed by atoms with Crippen LogP contribution in [0.2, 0.25) is 0 Å². The lowest BCUT2D eigenvalue weighted by Gasteiger charge is -2.30. The summed E-state index contributed by atoms with van der Waals surface area (Å²) >= 11 is 0. The molecule has 0 saturated heterocycles. The Hall–Kier alpha value is -3.59. The molecule has 2 aromatic carbocycles. The Labute approximate surface area is 261 Å². The van der Waals surface area contributed by atoms with E-state index < -0.39 is 23.7 Å². The maximum Gasteiger partial charge on any atom is 0.408 e. The van der Waals surface area contributed by atoms with Gasteiger partial charge in [0.25, 0.3) is 0 Å². The van der Waals surface area contributed by atoms with Crippen molar-refractivity contribution in [2.75, 3.05) is 14.2 Å². The normalized spacial score (nSPS) is 19.2. The molecule has 0 aromatic heterocycles. The molecule has 3 aliphatic rings. The molecular weight excluding hydrogens is 558 g/mol. The first-order valence-corrected chi connectivity index (χ1v) is 16.0. The number of ether oxygens (including phenoxy) is 3. The number of nitrogens with zero attached hydrogens (tertiary/aromatic N) is 1. The van der Waals surface area contributed by atoms with Crippen molar-refractivity contribution in [3.05, 3.63) is 53.6 Å². The Morgan fingerprint density at radius 1 is 0.909 bits per heavy atom. The molecule has 1 aliphatic heterocycles. The summed E-state index contributed by atoms with van der Waals surface area (Å²) < 4.78 is 16.1. The third-order valence-electron chi connectivity index (χ3n) is 8.89. The molecular formula is C35H49N3O6. The van der Waals surface area contributed by atoms with E-state index in [1.54, 1.807) is 38.3 Å². The zero-order valence-electron chi connectivity index (χ0n) is 26.6. The molecule has 1 unspecified atom stereocenters. The highest BCUT2D eigenvalue weighted by molar-refractivity contribution is 5.84. The number of hydrogen-bond donors (Lipinski definition) is 3. The number of nitrogens with one attached hydrogen (secondary N) is 2. The number of aliphatic carboxylic acids is 1. The number of fused-ring (bicyclic) bond motifs is 1. The smallest absolute Gasteiger partial charge is 0.408 e. The third kappa shape index (κ3) is 9.45. The van der Waals surface area contributed by atoms with Gasteiger partial charge in [-0.05, 0) is 69.7 Å². The van der Waals surface area contributed by atoms with E-state index in [0.717, 1.165) is 23.3 Å². The molecule has 240 valence electrons. The van der Waals surface area contributed by atoms with Gasteiger partial charge in [-0.2, -0.15) is 0 Å². The molecule has 0 bridgehead atoms. The van der Waals surface area contributed by atoms with Crippen LogP contribution in [0.5, 0.6) is 11.5 Å². The van der Waals surface area contributed by atoms with Crippen molar-refractivity contribution in [2.24, 2.45) is 4.99 Å². The Morgan fingerprint density at radius 3 is 2.02 bits per heavy atom. The van der Waals surface area contributed by atoms with Crippen molar-refractivity contribution in [1.29, 1.82) is 0 Å². The summed E-state index contributed by atoms with van der Waals surface area (Å²) in [5.74, 6) is -0.244. The molecule has 3 N–H and O–H groups in total. The monoisotopic (exact) mass is 607 g/mol. The van der Waals surface area contributed by atoms with E-state index in [4.69, 9.17) is 14.2 Å². The van der Waals surface area contributed by atoms with Gasteiger partial charge in [0.2, 0.25) is 0 Å². The molecule has 44 heavy (non-hydrogen) atoms. The van der Waals surface area contributed by atoms with Gasteiger partial charge in [-0.3, -0.25) is 4.99 Å². The zero-order chi connectivity index (χ0) is 31.5. The predicted molar refractivity (Wildman–Crippen MR) is 172 cm³/mol. The lowest BCUT2D eigenvalue weighted by molar-refractivity contribution is -0.139. The number of hydrogen-bond acceptors (Lipinski definition) is 7. The maximum absolute atomic E-state index is 12.6. The summed E-state index contributed by atoms with van der Waals surface area (Å²) in [7, 11) is 3.06. The lowest BCUT2D eigenvalue weighted by atomic mass is 9.91. The molecule has 2 atom stereocenters. The minimum absolute atomic E-state index is 0.165. The van der Waals surface area contributed by atoms with Crippen LogP contribution in [-0.4, -0.2) is 55.7 Å². The van der Waals surface area contributed by atoms with Gasteiger partial charge < -0.3 is 30.0 Å². The highest BCUT2D eigenvalue weighted by atomic mass is 16.6. The van der Waals surface area contributed by atoms with Crippen LogP contribution in [0.1, 0.15) is 102 Å². The lowest BCUT2D eigenvalue weighted by Crippen LogP contribution is -2.44. The van der Waals surface area contributed by atoms with Crippen LogP contribution in [0.4, 0.5) is 10.5 Å². The van der Waals surface area contributed by atoms with Gasteiger partial charge in [0.05, 0.1) is 19.9 Å². The number of rotatable bonds is 10. The minimum Gasteiger partial charge on any atom is -0.497 e. The highest BCUT2D eigenvalue weighted by Gasteiger charge is 2.32. The van der Waals surface area contributed by atoms with Gasteiger partial charge >= 0.3 is 12.1 Å². The van der Waals surface area contributed by atoms with Gasteiger partial charge in [0.1, 0.15) is 23.1 Å². The Bertz CT molecular complexity index is 1230. The van der Waals surface area contributed by atoms with Crippen LogP contribution in [0, 0.1) is 0 Å². The van der Waals surface area contributed by atoms with E-state index >= 15 is 0 Å². The summed E-state index contributed by atoms with van der Waals surface area (Å²) in [4.78, 5) is 28.7. The second-order valence-corrected chi connectivity index (χ2v) is 12.6. The fourth-order valence-corrected chi connectivity index (χ4v) is 6.32. The molecule has 0 radical (unpaired) electrons. The Balaban J connectivity index is 0.000000281. The number of amides is 1. The second-order valence-electron chi connectivity index (χ2n) is 12.6.